The summed E-state index contributed by atoms with van der Waals surface area (Å²) in [7, 11) is 1.70. The number of hydrogen-bond donors (Lipinski definition) is 1. The number of ether oxygens (including phenoxy) is 1. The van der Waals surface area contributed by atoms with Gasteiger partial charge in [0.2, 0.25) is 0 Å². The fraction of sp³-hybridized carbons (Fsp3) is 0.545. The molecule has 0 unspecified atom stereocenters. The van der Waals surface area contributed by atoms with Gasteiger partial charge in [0.25, 0.3) is 5.56 Å². The van der Waals surface area contributed by atoms with Crippen LogP contribution >= 0.6 is 15.9 Å². The van der Waals surface area contributed by atoms with Crippen LogP contribution in [0.5, 0.6) is 0 Å². The Labute approximate surface area is 104 Å². The van der Waals surface area contributed by atoms with Crippen LogP contribution in [0.2, 0.25) is 0 Å². The van der Waals surface area contributed by atoms with Gasteiger partial charge >= 0.3 is 0 Å². The Balaban J connectivity index is 2.26. The summed E-state index contributed by atoms with van der Waals surface area (Å²) in [6.07, 6.45) is 2.79. The molecule has 1 aromatic heterocycles. The van der Waals surface area contributed by atoms with Crippen molar-refractivity contribution in [2.75, 3.05) is 26.8 Å². The second kappa shape index (κ2) is 7.60. The molecule has 90 valence electrons. The van der Waals surface area contributed by atoms with Crippen molar-refractivity contribution in [3.63, 3.8) is 0 Å². The Bertz CT molecular complexity index is 365. The minimum atomic E-state index is 0.0295. The van der Waals surface area contributed by atoms with Crippen molar-refractivity contribution in [2.45, 2.75) is 13.0 Å². The third-order valence-corrected chi connectivity index (χ3v) is 2.65. The van der Waals surface area contributed by atoms with Crippen molar-refractivity contribution >= 4 is 15.9 Å². The molecular formula is C11H17BrN2O2. The van der Waals surface area contributed by atoms with E-state index >= 15 is 0 Å². The van der Waals surface area contributed by atoms with Crippen LogP contribution in [0.1, 0.15) is 6.42 Å². The summed E-state index contributed by atoms with van der Waals surface area (Å²) in [5.74, 6) is 0. The second-order valence-electron chi connectivity index (χ2n) is 3.48. The molecule has 0 saturated heterocycles. The molecule has 0 aliphatic heterocycles. The molecule has 0 aromatic carbocycles. The van der Waals surface area contributed by atoms with Gasteiger partial charge in [-0.05, 0) is 35.0 Å². The summed E-state index contributed by atoms with van der Waals surface area (Å²) < 4.78 is 7.55. The van der Waals surface area contributed by atoms with Gasteiger partial charge in [0.1, 0.15) is 0 Å². The SMILES string of the molecule is COCCCNCCn1cc(Br)ccc1=O. The topological polar surface area (TPSA) is 43.3 Å². The highest BCUT2D eigenvalue weighted by Crippen LogP contribution is 2.04. The van der Waals surface area contributed by atoms with Crippen LogP contribution in [-0.2, 0) is 11.3 Å². The number of rotatable bonds is 7. The van der Waals surface area contributed by atoms with Gasteiger partial charge in [-0.1, -0.05) is 0 Å². The minimum Gasteiger partial charge on any atom is -0.385 e. The largest absolute Gasteiger partial charge is 0.385 e. The third-order valence-electron chi connectivity index (χ3n) is 2.18. The first-order valence-corrected chi connectivity index (χ1v) is 6.09. The van der Waals surface area contributed by atoms with Crippen LogP contribution in [0.25, 0.3) is 0 Å². The Morgan fingerprint density at radius 2 is 2.25 bits per heavy atom. The molecule has 1 rings (SSSR count). The summed E-state index contributed by atoms with van der Waals surface area (Å²) in [5, 5.41) is 3.26. The van der Waals surface area contributed by atoms with Gasteiger partial charge in [0.15, 0.2) is 0 Å². The van der Waals surface area contributed by atoms with Gasteiger partial charge in [0, 0.05) is 43.5 Å². The number of pyridine rings is 1. The average Bonchev–Trinajstić information content (AvgIpc) is 2.28. The molecule has 1 N–H and O–H groups in total. The zero-order valence-corrected chi connectivity index (χ0v) is 11.0. The van der Waals surface area contributed by atoms with Gasteiger partial charge in [-0.3, -0.25) is 4.79 Å². The molecule has 1 aromatic rings. The van der Waals surface area contributed by atoms with Crippen molar-refractivity contribution in [1.29, 1.82) is 0 Å². The lowest BCUT2D eigenvalue weighted by molar-refractivity contribution is 0.194. The van der Waals surface area contributed by atoms with Gasteiger partial charge in [0.05, 0.1) is 0 Å². The molecule has 1 heterocycles. The lowest BCUT2D eigenvalue weighted by Crippen LogP contribution is -2.27. The minimum absolute atomic E-state index is 0.0295. The Kier molecular flexibility index (Phi) is 6.37. The van der Waals surface area contributed by atoms with Crippen LogP contribution in [0.15, 0.2) is 27.6 Å². The molecule has 0 aliphatic rings. The Morgan fingerprint density at radius 1 is 1.44 bits per heavy atom. The third kappa shape index (κ3) is 4.92. The van der Waals surface area contributed by atoms with E-state index in [1.54, 1.807) is 30.0 Å². The van der Waals surface area contributed by atoms with Crippen molar-refractivity contribution in [2.24, 2.45) is 0 Å². The Morgan fingerprint density at radius 3 is 3.00 bits per heavy atom. The number of nitrogens with zero attached hydrogens (tertiary/aromatic N) is 1. The standard InChI is InChI=1S/C11H17BrN2O2/c1-16-8-2-5-13-6-7-14-9-10(12)3-4-11(14)15/h3-4,9,13H,2,5-8H2,1H3. The zero-order valence-electron chi connectivity index (χ0n) is 9.41. The first-order chi connectivity index (χ1) is 7.74. The first-order valence-electron chi connectivity index (χ1n) is 5.29. The smallest absolute Gasteiger partial charge is 0.250 e. The van der Waals surface area contributed by atoms with Crippen molar-refractivity contribution in [3.8, 4) is 0 Å². The number of hydrogen-bond acceptors (Lipinski definition) is 3. The van der Waals surface area contributed by atoms with Crippen LogP contribution in [0, 0.1) is 0 Å². The second-order valence-corrected chi connectivity index (χ2v) is 4.39. The monoisotopic (exact) mass is 288 g/mol. The van der Waals surface area contributed by atoms with E-state index in [1.807, 2.05) is 0 Å². The zero-order chi connectivity index (χ0) is 11.8. The summed E-state index contributed by atoms with van der Waals surface area (Å²) >= 11 is 3.34. The predicted octanol–water partition coefficient (Wildman–Crippen LogP) is 1.24. The summed E-state index contributed by atoms with van der Waals surface area (Å²) in [6, 6.07) is 3.32. The molecule has 0 radical (unpaired) electrons. The fourth-order valence-electron chi connectivity index (χ4n) is 1.34. The molecule has 0 aliphatic carbocycles. The maximum absolute atomic E-state index is 11.4. The highest BCUT2D eigenvalue weighted by molar-refractivity contribution is 9.10. The van der Waals surface area contributed by atoms with Crippen LogP contribution in [-0.4, -0.2) is 31.4 Å². The number of methoxy groups -OCH3 is 1. The molecule has 0 bridgehead atoms. The van der Waals surface area contributed by atoms with E-state index in [0.29, 0.717) is 6.54 Å². The molecule has 16 heavy (non-hydrogen) atoms. The number of nitrogens with one attached hydrogen (secondary N) is 1. The average molecular weight is 289 g/mol. The normalized spacial score (nSPS) is 10.6. The lowest BCUT2D eigenvalue weighted by Gasteiger charge is -2.07. The molecule has 4 nitrogen and oxygen atoms in total. The summed E-state index contributed by atoms with van der Waals surface area (Å²) in [4.78, 5) is 11.4. The molecular weight excluding hydrogens is 272 g/mol. The highest BCUT2D eigenvalue weighted by atomic mass is 79.9. The molecule has 0 fully saturated rings. The van der Waals surface area contributed by atoms with Gasteiger partial charge in [-0.25, -0.2) is 0 Å². The van der Waals surface area contributed by atoms with E-state index in [1.165, 1.54) is 0 Å². The van der Waals surface area contributed by atoms with Crippen molar-refractivity contribution in [1.82, 2.24) is 9.88 Å². The quantitative estimate of drug-likeness (QED) is 0.768. The maximum atomic E-state index is 11.4. The summed E-state index contributed by atoms with van der Waals surface area (Å²) in [5.41, 5.74) is 0.0295. The van der Waals surface area contributed by atoms with Gasteiger partial charge < -0.3 is 14.6 Å². The van der Waals surface area contributed by atoms with Gasteiger partial charge in [-0.2, -0.15) is 0 Å². The molecule has 0 amide bonds. The van der Waals surface area contributed by atoms with Crippen LogP contribution in [0.4, 0.5) is 0 Å². The summed E-state index contributed by atoms with van der Waals surface area (Å²) in [6.45, 7) is 3.16. The molecule has 0 saturated carbocycles. The predicted molar refractivity (Wildman–Crippen MR) is 67.8 cm³/mol. The molecule has 0 spiro atoms. The number of halogens is 1. The fourth-order valence-corrected chi connectivity index (χ4v) is 1.72. The van der Waals surface area contributed by atoms with Crippen molar-refractivity contribution in [3.05, 3.63) is 33.2 Å². The van der Waals surface area contributed by atoms with E-state index in [9.17, 15) is 4.79 Å². The van der Waals surface area contributed by atoms with E-state index in [2.05, 4.69) is 21.2 Å². The van der Waals surface area contributed by atoms with E-state index in [0.717, 1.165) is 30.6 Å². The van der Waals surface area contributed by atoms with Crippen LogP contribution in [0.3, 0.4) is 0 Å². The van der Waals surface area contributed by atoms with E-state index < -0.39 is 0 Å². The van der Waals surface area contributed by atoms with E-state index in [-0.39, 0.29) is 5.56 Å². The maximum Gasteiger partial charge on any atom is 0.250 e. The highest BCUT2D eigenvalue weighted by Gasteiger charge is 1.96. The first kappa shape index (κ1) is 13.4. The molecule has 0 atom stereocenters. The number of aromatic nitrogens is 1. The molecule has 5 heteroatoms. The van der Waals surface area contributed by atoms with E-state index in [4.69, 9.17) is 4.74 Å². The Hall–Kier alpha value is -0.650. The van der Waals surface area contributed by atoms with Crippen molar-refractivity contribution < 1.29 is 4.74 Å². The van der Waals surface area contributed by atoms with Crippen LogP contribution < -0.4 is 10.9 Å². The van der Waals surface area contributed by atoms with Gasteiger partial charge in [-0.15, -0.1) is 0 Å². The lowest BCUT2D eigenvalue weighted by atomic mass is 10.4.